The lowest BCUT2D eigenvalue weighted by atomic mass is 10.1. The van der Waals surface area contributed by atoms with E-state index in [1.54, 1.807) is 25.1 Å². The lowest BCUT2D eigenvalue weighted by Gasteiger charge is -2.14. The van der Waals surface area contributed by atoms with Gasteiger partial charge in [-0.25, -0.2) is 9.69 Å². The number of carbonyl (C=O) groups is 2. The molecule has 2 rings (SSSR count). The number of amides is 3. The van der Waals surface area contributed by atoms with Crippen molar-refractivity contribution in [1.29, 1.82) is 5.26 Å². The van der Waals surface area contributed by atoms with Gasteiger partial charge in [0.25, 0.3) is 5.91 Å². The van der Waals surface area contributed by atoms with Crippen LogP contribution < -0.4 is 10.2 Å². The van der Waals surface area contributed by atoms with Crippen molar-refractivity contribution in [3.05, 3.63) is 29.3 Å². The lowest BCUT2D eigenvalue weighted by Crippen LogP contribution is -2.31. The number of hydrogen-bond acceptors (Lipinski definition) is 3. The fourth-order valence-corrected chi connectivity index (χ4v) is 1.65. The third-order valence-corrected chi connectivity index (χ3v) is 2.45. The van der Waals surface area contributed by atoms with Crippen molar-refractivity contribution in [1.82, 2.24) is 5.32 Å². The lowest BCUT2D eigenvalue weighted by molar-refractivity contribution is -0.115. The van der Waals surface area contributed by atoms with Gasteiger partial charge in [0.15, 0.2) is 0 Å². The van der Waals surface area contributed by atoms with Crippen LogP contribution in [0.15, 0.2) is 18.2 Å². The molecule has 3 amide bonds. The van der Waals surface area contributed by atoms with Crippen molar-refractivity contribution < 1.29 is 9.59 Å². The van der Waals surface area contributed by atoms with Crippen LogP contribution in [0.4, 0.5) is 10.5 Å². The minimum Gasteiger partial charge on any atom is -0.328 e. The van der Waals surface area contributed by atoms with E-state index in [1.165, 1.54) is 0 Å². The van der Waals surface area contributed by atoms with Gasteiger partial charge < -0.3 is 5.32 Å². The quantitative estimate of drug-likeness (QED) is 0.708. The van der Waals surface area contributed by atoms with Gasteiger partial charge >= 0.3 is 6.03 Å². The number of nitrogens with one attached hydrogen (secondary N) is 1. The Balaban J connectivity index is 2.57. The molecule has 1 fully saturated rings. The Bertz CT molecular complexity index is 500. The molecule has 1 N–H and O–H groups in total. The molecule has 0 saturated carbocycles. The van der Waals surface area contributed by atoms with Crippen LogP contribution in [-0.4, -0.2) is 18.5 Å². The highest BCUT2D eigenvalue weighted by Gasteiger charge is 2.31. The monoisotopic (exact) mass is 215 g/mol. The molecular formula is C11H9N3O2. The first-order valence-corrected chi connectivity index (χ1v) is 4.75. The first-order chi connectivity index (χ1) is 7.65. The molecule has 1 aliphatic rings. The summed E-state index contributed by atoms with van der Waals surface area (Å²) in [6.45, 7) is 1.75. The van der Waals surface area contributed by atoms with Crippen LogP contribution in [0.2, 0.25) is 0 Å². The predicted molar refractivity (Wildman–Crippen MR) is 56.8 cm³/mol. The summed E-state index contributed by atoms with van der Waals surface area (Å²) in [6, 6.07) is 6.60. The molecule has 1 aliphatic heterocycles. The van der Waals surface area contributed by atoms with E-state index in [2.05, 4.69) is 5.32 Å². The molecule has 0 atom stereocenters. The number of aryl methyl sites for hydroxylation is 1. The van der Waals surface area contributed by atoms with Crippen molar-refractivity contribution >= 4 is 17.6 Å². The van der Waals surface area contributed by atoms with Crippen LogP contribution in [0, 0.1) is 18.3 Å². The molecular weight excluding hydrogens is 206 g/mol. The van der Waals surface area contributed by atoms with E-state index in [-0.39, 0.29) is 12.5 Å². The number of imide groups is 1. The van der Waals surface area contributed by atoms with Crippen LogP contribution in [-0.2, 0) is 4.79 Å². The van der Waals surface area contributed by atoms with E-state index in [0.717, 1.165) is 10.5 Å². The second kappa shape index (κ2) is 3.66. The first kappa shape index (κ1) is 10.2. The number of anilines is 1. The molecule has 1 aromatic rings. The van der Waals surface area contributed by atoms with Crippen LogP contribution in [0.3, 0.4) is 0 Å². The molecule has 1 heterocycles. The molecule has 0 spiro atoms. The molecule has 0 unspecified atom stereocenters. The van der Waals surface area contributed by atoms with E-state index in [4.69, 9.17) is 5.26 Å². The number of nitriles is 1. The Hall–Kier alpha value is -2.35. The van der Waals surface area contributed by atoms with Crippen LogP contribution >= 0.6 is 0 Å². The van der Waals surface area contributed by atoms with Crippen molar-refractivity contribution in [2.75, 3.05) is 11.4 Å². The van der Waals surface area contributed by atoms with Gasteiger partial charge in [-0.1, -0.05) is 12.1 Å². The smallest absolute Gasteiger partial charge is 0.328 e. The van der Waals surface area contributed by atoms with Crippen molar-refractivity contribution in [2.24, 2.45) is 0 Å². The van der Waals surface area contributed by atoms with Gasteiger partial charge in [-0.15, -0.1) is 0 Å². The highest BCUT2D eigenvalue weighted by atomic mass is 16.2. The minimum atomic E-state index is -0.480. The standard InChI is InChI=1S/C11H9N3O2/c1-7-3-2-4-9(8(7)5-12)14-10(15)6-13-11(14)16/h2-4H,6H2,1H3,(H,13,16). The molecule has 1 aromatic carbocycles. The fourth-order valence-electron chi connectivity index (χ4n) is 1.65. The summed E-state index contributed by atoms with van der Waals surface area (Å²) >= 11 is 0. The van der Waals surface area contributed by atoms with Crippen molar-refractivity contribution in [3.8, 4) is 6.07 Å². The number of carbonyl (C=O) groups excluding carboxylic acids is 2. The van der Waals surface area contributed by atoms with E-state index in [1.807, 2.05) is 6.07 Å². The van der Waals surface area contributed by atoms with Crippen molar-refractivity contribution in [3.63, 3.8) is 0 Å². The summed E-state index contributed by atoms with van der Waals surface area (Å²) in [4.78, 5) is 24.0. The van der Waals surface area contributed by atoms with Gasteiger partial charge in [0.2, 0.25) is 0 Å². The third-order valence-electron chi connectivity index (χ3n) is 2.45. The molecule has 5 nitrogen and oxygen atoms in total. The normalized spacial score (nSPS) is 14.9. The zero-order valence-electron chi connectivity index (χ0n) is 8.65. The van der Waals surface area contributed by atoms with E-state index >= 15 is 0 Å². The third kappa shape index (κ3) is 1.41. The van der Waals surface area contributed by atoms with Gasteiger partial charge in [0.05, 0.1) is 17.8 Å². The number of benzene rings is 1. The van der Waals surface area contributed by atoms with Crippen LogP contribution in [0.1, 0.15) is 11.1 Å². The summed E-state index contributed by atoms with van der Waals surface area (Å²) < 4.78 is 0. The second-order valence-electron chi connectivity index (χ2n) is 3.47. The number of hydrogen-bond donors (Lipinski definition) is 1. The molecule has 0 aliphatic carbocycles. The van der Waals surface area contributed by atoms with E-state index in [0.29, 0.717) is 11.3 Å². The predicted octanol–water partition coefficient (Wildman–Crippen LogP) is 0.923. The molecule has 16 heavy (non-hydrogen) atoms. The largest absolute Gasteiger partial charge is 0.329 e. The summed E-state index contributed by atoms with van der Waals surface area (Å²) in [5.74, 6) is -0.341. The Kier molecular flexibility index (Phi) is 2.33. The first-order valence-electron chi connectivity index (χ1n) is 4.75. The molecule has 5 heteroatoms. The molecule has 0 aromatic heterocycles. The van der Waals surface area contributed by atoms with Gasteiger partial charge in [0, 0.05) is 0 Å². The van der Waals surface area contributed by atoms with Gasteiger partial charge in [-0.05, 0) is 18.6 Å². The summed E-state index contributed by atoms with van der Waals surface area (Å²) in [5, 5.41) is 11.4. The van der Waals surface area contributed by atoms with Gasteiger partial charge in [-0.2, -0.15) is 5.26 Å². The number of rotatable bonds is 1. The molecule has 80 valence electrons. The highest BCUT2D eigenvalue weighted by molar-refractivity contribution is 6.20. The SMILES string of the molecule is Cc1cccc(N2C(=O)CNC2=O)c1C#N. The maximum absolute atomic E-state index is 11.5. The van der Waals surface area contributed by atoms with E-state index in [9.17, 15) is 9.59 Å². The van der Waals surface area contributed by atoms with Gasteiger partial charge in [-0.3, -0.25) is 4.79 Å². The highest BCUT2D eigenvalue weighted by Crippen LogP contribution is 2.24. The summed E-state index contributed by atoms with van der Waals surface area (Å²) in [7, 11) is 0. The maximum atomic E-state index is 11.5. The maximum Gasteiger partial charge on any atom is 0.329 e. The average molecular weight is 215 g/mol. The molecule has 0 bridgehead atoms. The zero-order valence-corrected chi connectivity index (χ0v) is 8.65. The van der Waals surface area contributed by atoms with Gasteiger partial charge in [0.1, 0.15) is 6.07 Å². The topological polar surface area (TPSA) is 73.2 Å². The average Bonchev–Trinajstić information content (AvgIpc) is 2.58. The number of nitrogens with zero attached hydrogens (tertiary/aromatic N) is 2. The Morgan fingerprint density at radius 3 is 2.75 bits per heavy atom. The molecule has 0 radical (unpaired) electrons. The summed E-state index contributed by atoms with van der Waals surface area (Å²) in [5.41, 5.74) is 1.45. The van der Waals surface area contributed by atoms with Crippen LogP contribution in [0.25, 0.3) is 0 Å². The van der Waals surface area contributed by atoms with Crippen molar-refractivity contribution in [2.45, 2.75) is 6.92 Å². The summed E-state index contributed by atoms with van der Waals surface area (Å²) in [6.07, 6.45) is 0. The van der Waals surface area contributed by atoms with Crippen LogP contribution in [0.5, 0.6) is 0 Å². The Labute approximate surface area is 92.3 Å². The Morgan fingerprint density at radius 1 is 1.44 bits per heavy atom. The minimum absolute atomic E-state index is 0.0162. The van der Waals surface area contributed by atoms with E-state index < -0.39 is 6.03 Å². The zero-order chi connectivity index (χ0) is 11.7. The fraction of sp³-hybridized carbons (Fsp3) is 0.182. The molecule has 1 saturated heterocycles. The number of urea groups is 1. The Morgan fingerprint density at radius 2 is 2.19 bits per heavy atom. The second-order valence-corrected chi connectivity index (χ2v) is 3.47.